The van der Waals surface area contributed by atoms with Crippen LogP contribution in [0.1, 0.15) is 39.2 Å². The van der Waals surface area contributed by atoms with Gasteiger partial charge < -0.3 is 10.6 Å². The van der Waals surface area contributed by atoms with Crippen molar-refractivity contribution >= 4 is 5.95 Å². The molecule has 0 amide bonds. The Morgan fingerprint density at radius 3 is 2.65 bits per heavy atom. The summed E-state index contributed by atoms with van der Waals surface area (Å²) >= 11 is 0. The third kappa shape index (κ3) is 4.08. The molecule has 0 unspecified atom stereocenters. The summed E-state index contributed by atoms with van der Waals surface area (Å²) in [5.41, 5.74) is 3.58. The van der Waals surface area contributed by atoms with E-state index in [1.165, 1.54) is 5.56 Å². The molecule has 3 rings (SSSR count). The minimum absolute atomic E-state index is 0.138. The monoisotopic (exact) mass is 310 g/mol. The average molecular weight is 310 g/mol. The van der Waals surface area contributed by atoms with Gasteiger partial charge in [-0.3, -0.25) is 0 Å². The molecule has 1 saturated heterocycles. The fourth-order valence-electron chi connectivity index (χ4n) is 2.88. The zero-order valence-electron chi connectivity index (χ0n) is 14.3. The first-order valence-corrected chi connectivity index (χ1v) is 8.43. The van der Waals surface area contributed by atoms with Crippen molar-refractivity contribution in [2.75, 3.05) is 18.4 Å². The predicted molar refractivity (Wildman–Crippen MR) is 95.7 cm³/mol. The molecule has 1 aliphatic rings. The van der Waals surface area contributed by atoms with Crippen LogP contribution in [0.3, 0.4) is 0 Å². The number of benzene rings is 1. The van der Waals surface area contributed by atoms with Gasteiger partial charge in [0, 0.05) is 17.8 Å². The van der Waals surface area contributed by atoms with Crippen LogP contribution in [0.15, 0.2) is 36.5 Å². The number of rotatable bonds is 3. The van der Waals surface area contributed by atoms with Crippen molar-refractivity contribution in [2.24, 2.45) is 0 Å². The van der Waals surface area contributed by atoms with Crippen LogP contribution >= 0.6 is 0 Å². The minimum atomic E-state index is 0.138. The average Bonchev–Trinajstić information content (AvgIpc) is 2.55. The van der Waals surface area contributed by atoms with Crippen molar-refractivity contribution in [2.45, 2.75) is 45.1 Å². The SMILES string of the molecule is CC(C)(C)c1cccc(-c2ccnc(NC3CCNCC3)n2)c1. The number of nitrogens with one attached hydrogen (secondary N) is 2. The van der Waals surface area contributed by atoms with E-state index in [1.54, 1.807) is 0 Å². The molecule has 122 valence electrons. The highest BCUT2D eigenvalue weighted by atomic mass is 15.1. The molecule has 0 saturated carbocycles. The van der Waals surface area contributed by atoms with Gasteiger partial charge in [0.25, 0.3) is 0 Å². The molecule has 2 heterocycles. The number of anilines is 1. The highest BCUT2D eigenvalue weighted by Gasteiger charge is 2.16. The van der Waals surface area contributed by atoms with Gasteiger partial charge in [-0.25, -0.2) is 9.97 Å². The summed E-state index contributed by atoms with van der Waals surface area (Å²) < 4.78 is 0. The first-order chi connectivity index (χ1) is 11.0. The summed E-state index contributed by atoms with van der Waals surface area (Å²) in [7, 11) is 0. The van der Waals surface area contributed by atoms with Crippen LogP contribution in [0, 0.1) is 0 Å². The Balaban J connectivity index is 1.82. The van der Waals surface area contributed by atoms with E-state index in [1.807, 2.05) is 12.3 Å². The van der Waals surface area contributed by atoms with E-state index >= 15 is 0 Å². The summed E-state index contributed by atoms with van der Waals surface area (Å²) in [4.78, 5) is 9.11. The Kier molecular flexibility index (Phi) is 4.62. The van der Waals surface area contributed by atoms with Gasteiger partial charge in [-0.1, -0.05) is 39.0 Å². The smallest absolute Gasteiger partial charge is 0.223 e. The van der Waals surface area contributed by atoms with Crippen LogP contribution in [0.5, 0.6) is 0 Å². The third-order valence-electron chi connectivity index (χ3n) is 4.35. The van der Waals surface area contributed by atoms with E-state index in [9.17, 15) is 0 Å². The highest BCUT2D eigenvalue weighted by Crippen LogP contribution is 2.27. The lowest BCUT2D eigenvalue weighted by molar-refractivity contribution is 0.477. The van der Waals surface area contributed by atoms with Crippen LogP contribution in [-0.4, -0.2) is 29.1 Å². The van der Waals surface area contributed by atoms with Crippen molar-refractivity contribution in [3.05, 3.63) is 42.1 Å². The number of piperidine rings is 1. The standard InChI is InChI=1S/C19H26N4/c1-19(2,3)15-6-4-5-14(13-15)17-9-12-21-18(23-17)22-16-7-10-20-11-8-16/h4-6,9,12-13,16,20H,7-8,10-11H2,1-3H3,(H,21,22,23). The summed E-state index contributed by atoms with van der Waals surface area (Å²) in [5.74, 6) is 0.732. The van der Waals surface area contributed by atoms with Crippen LogP contribution in [-0.2, 0) is 5.41 Å². The molecule has 0 radical (unpaired) electrons. The van der Waals surface area contributed by atoms with Crippen LogP contribution in [0.25, 0.3) is 11.3 Å². The fraction of sp³-hybridized carbons (Fsp3) is 0.474. The zero-order valence-corrected chi connectivity index (χ0v) is 14.3. The van der Waals surface area contributed by atoms with E-state index in [-0.39, 0.29) is 5.41 Å². The first kappa shape index (κ1) is 15.9. The second-order valence-corrected chi connectivity index (χ2v) is 7.26. The molecular weight excluding hydrogens is 284 g/mol. The highest BCUT2D eigenvalue weighted by molar-refractivity contribution is 5.61. The van der Waals surface area contributed by atoms with Gasteiger partial charge in [0.2, 0.25) is 5.95 Å². The topological polar surface area (TPSA) is 49.8 Å². The lowest BCUT2D eigenvalue weighted by Gasteiger charge is -2.23. The normalized spacial score (nSPS) is 16.3. The van der Waals surface area contributed by atoms with Crippen LogP contribution < -0.4 is 10.6 Å². The molecule has 4 nitrogen and oxygen atoms in total. The molecule has 2 aromatic rings. The maximum atomic E-state index is 4.72. The Morgan fingerprint density at radius 2 is 1.91 bits per heavy atom. The lowest BCUT2D eigenvalue weighted by atomic mass is 9.86. The summed E-state index contributed by atoms with van der Waals surface area (Å²) in [6.07, 6.45) is 4.08. The molecular formula is C19H26N4. The maximum absolute atomic E-state index is 4.72. The van der Waals surface area contributed by atoms with Gasteiger partial charge in [-0.05, 0) is 49.0 Å². The molecule has 1 aromatic heterocycles. The van der Waals surface area contributed by atoms with Gasteiger partial charge in [0.15, 0.2) is 0 Å². The number of hydrogen-bond acceptors (Lipinski definition) is 4. The van der Waals surface area contributed by atoms with Crippen molar-refractivity contribution in [3.8, 4) is 11.3 Å². The number of nitrogens with zero attached hydrogens (tertiary/aromatic N) is 2. The van der Waals surface area contributed by atoms with Gasteiger partial charge >= 0.3 is 0 Å². The Morgan fingerprint density at radius 1 is 1.13 bits per heavy atom. The maximum Gasteiger partial charge on any atom is 0.223 e. The number of hydrogen-bond donors (Lipinski definition) is 2. The van der Waals surface area contributed by atoms with E-state index in [0.717, 1.165) is 43.1 Å². The molecule has 2 N–H and O–H groups in total. The summed E-state index contributed by atoms with van der Waals surface area (Å²) in [5, 5.41) is 6.85. The second kappa shape index (κ2) is 6.67. The molecule has 1 fully saturated rings. The van der Waals surface area contributed by atoms with Crippen molar-refractivity contribution in [1.29, 1.82) is 0 Å². The van der Waals surface area contributed by atoms with E-state index in [2.05, 4.69) is 60.7 Å². The molecule has 0 bridgehead atoms. The predicted octanol–water partition coefficient (Wildman–Crippen LogP) is 3.61. The number of aromatic nitrogens is 2. The van der Waals surface area contributed by atoms with Crippen molar-refractivity contribution < 1.29 is 0 Å². The molecule has 23 heavy (non-hydrogen) atoms. The first-order valence-electron chi connectivity index (χ1n) is 8.43. The van der Waals surface area contributed by atoms with Crippen LogP contribution in [0.4, 0.5) is 5.95 Å². The summed E-state index contributed by atoms with van der Waals surface area (Å²) in [6, 6.07) is 11.1. The molecule has 0 aliphatic carbocycles. The van der Waals surface area contributed by atoms with Gasteiger partial charge in [0.05, 0.1) is 5.69 Å². The minimum Gasteiger partial charge on any atom is -0.351 e. The van der Waals surface area contributed by atoms with E-state index in [0.29, 0.717) is 6.04 Å². The molecule has 1 aliphatic heterocycles. The Hall–Kier alpha value is -1.94. The Labute approximate surface area is 138 Å². The molecule has 0 atom stereocenters. The Bertz CT molecular complexity index is 654. The van der Waals surface area contributed by atoms with Gasteiger partial charge in [-0.2, -0.15) is 0 Å². The second-order valence-electron chi connectivity index (χ2n) is 7.26. The van der Waals surface area contributed by atoms with E-state index in [4.69, 9.17) is 4.98 Å². The zero-order chi connectivity index (χ0) is 16.3. The third-order valence-corrected chi connectivity index (χ3v) is 4.35. The van der Waals surface area contributed by atoms with Crippen molar-refractivity contribution in [3.63, 3.8) is 0 Å². The van der Waals surface area contributed by atoms with Gasteiger partial charge in [0.1, 0.15) is 0 Å². The molecule has 1 aromatic carbocycles. The molecule has 0 spiro atoms. The van der Waals surface area contributed by atoms with E-state index < -0.39 is 0 Å². The van der Waals surface area contributed by atoms with Gasteiger partial charge in [-0.15, -0.1) is 0 Å². The summed E-state index contributed by atoms with van der Waals surface area (Å²) in [6.45, 7) is 8.82. The van der Waals surface area contributed by atoms with Crippen LogP contribution in [0.2, 0.25) is 0 Å². The van der Waals surface area contributed by atoms with Crippen molar-refractivity contribution in [1.82, 2.24) is 15.3 Å². The molecule has 4 heteroatoms. The largest absolute Gasteiger partial charge is 0.351 e. The quantitative estimate of drug-likeness (QED) is 0.909. The fourth-order valence-corrected chi connectivity index (χ4v) is 2.88. The lowest BCUT2D eigenvalue weighted by Crippen LogP contribution is -2.35.